The predicted octanol–water partition coefficient (Wildman–Crippen LogP) is 4.21. The molecule has 1 heterocycles. The summed E-state index contributed by atoms with van der Waals surface area (Å²) in [5.41, 5.74) is 0.542. The van der Waals surface area contributed by atoms with Gasteiger partial charge in [-0.05, 0) is 44.2 Å². The molecule has 0 aliphatic rings. The number of nitrogens with zero attached hydrogens (tertiary/aromatic N) is 1. The molecule has 23 heavy (non-hydrogen) atoms. The number of rotatable bonds is 4. The van der Waals surface area contributed by atoms with Crippen molar-refractivity contribution in [3.63, 3.8) is 0 Å². The molecule has 0 saturated heterocycles. The summed E-state index contributed by atoms with van der Waals surface area (Å²) in [4.78, 5) is 28.1. The van der Waals surface area contributed by atoms with Crippen LogP contribution in [0.3, 0.4) is 0 Å². The maximum Gasteiger partial charge on any atom is 0.357 e. The summed E-state index contributed by atoms with van der Waals surface area (Å²) in [6.07, 6.45) is -0.269. The molecule has 0 aliphatic heterocycles. The monoisotopic (exact) mass is 352 g/mol. The molecule has 0 spiro atoms. The number of pyridine rings is 1. The number of hydrogen-bond acceptors (Lipinski definition) is 4. The number of nitrogens with one attached hydrogen (secondary N) is 1. The molecule has 7 heteroatoms. The van der Waals surface area contributed by atoms with Crippen molar-refractivity contribution < 1.29 is 14.3 Å². The fourth-order valence-electron chi connectivity index (χ4n) is 1.73. The summed E-state index contributed by atoms with van der Waals surface area (Å²) in [5.74, 6) is -1.08. The third-order valence-electron chi connectivity index (χ3n) is 2.71. The third-order valence-corrected chi connectivity index (χ3v) is 3.26. The molecule has 0 fully saturated rings. The van der Waals surface area contributed by atoms with Crippen LogP contribution in [0, 0.1) is 0 Å². The standard InChI is InChI=1S/C16H14Cl2N2O3/c1-9(2)23-16(22)14-5-3-4-13(19-14)15(21)20-12-7-6-10(17)8-11(12)18/h3-9H,1-2H3,(H,20,21). The van der Waals surface area contributed by atoms with Crippen LogP contribution in [0.2, 0.25) is 10.0 Å². The van der Waals surface area contributed by atoms with Gasteiger partial charge in [0, 0.05) is 5.02 Å². The second kappa shape index (κ2) is 7.44. The van der Waals surface area contributed by atoms with Crippen LogP contribution in [-0.4, -0.2) is 23.0 Å². The molecule has 1 aromatic heterocycles. The number of benzene rings is 1. The van der Waals surface area contributed by atoms with E-state index in [2.05, 4.69) is 10.3 Å². The highest BCUT2D eigenvalue weighted by Crippen LogP contribution is 2.25. The van der Waals surface area contributed by atoms with Gasteiger partial charge in [0.05, 0.1) is 16.8 Å². The molecule has 2 aromatic rings. The summed E-state index contributed by atoms with van der Waals surface area (Å²) < 4.78 is 5.05. The van der Waals surface area contributed by atoms with Crippen LogP contribution in [-0.2, 0) is 4.74 Å². The molecule has 0 bridgehead atoms. The number of carbonyl (C=O) groups is 2. The van der Waals surface area contributed by atoms with Gasteiger partial charge in [0.15, 0.2) is 0 Å². The lowest BCUT2D eigenvalue weighted by atomic mass is 10.2. The molecule has 0 radical (unpaired) electrons. The van der Waals surface area contributed by atoms with Crippen molar-refractivity contribution in [3.05, 3.63) is 57.8 Å². The Kier molecular flexibility index (Phi) is 5.58. The number of halogens is 2. The van der Waals surface area contributed by atoms with Crippen LogP contribution in [0.15, 0.2) is 36.4 Å². The van der Waals surface area contributed by atoms with Gasteiger partial charge in [-0.2, -0.15) is 0 Å². The third kappa shape index (κ3) is 4.68. The van der Waals surface area contributed by atoms with E-state index >= 15 is 0 Å². The SMILES string of the molecule is CC(C)OC(=O)c1cccc(C(=O)Nc2ccc(Cl)cc2Cl)n1. The van der Waals surface area contributed by atoms with Gasteiger partial charge in [0.1, 0.15) is 11.4 Å². The van der Waals surface area contributed by atoms with Gasteiger partial charge in [0.25, 0.3) is 5.91 Å². The Labute approximate surface area is 143 Å². The summed E-state index contributed by atoms with van der Waals surface area (Å²) in [6, 6.07) is 9.24. The molecule has 0 saturated carbocycles. The van der Waals surface area contributed by atoms with E-state index in [1.54, 1.807) is 32.0 Å². The molecule has 0 unspecified atom stereocenters. The Morgan fingerprint density at radius 3 is 2.48 bits per heavy atom. The Balaban J connectivity index is 2.18. The first-order chi connectivity index (χ1) is 10.9. The zero-order valence-corrected chi connectivity index (χ0v) is 14.0. The fourth-order valence-corrected chi connectivity index (χ4v) is 2.18. The number of amides is 1. The van der Waals surface area contributed by atoms with Crippen LogP contribution in [0.25, 0.3) is 0 Å². The average Bonchev–Trinajstić information content (AvgIpc) is 2.49. The molecule has 5 nitrogen and oxygen atoms in total. The number of ether oxygens (including phenoxy) is 1. The summed E-state index contributed by atoms with van der Waals surface area (Å²) >= 11 is 11.8. The van der Waals surface area contributed by atoms with E-state index in [0.29, 0.717) is 15.7 Å². The van der Waals surface area contributed by atoms with Crippen molar-refractivity contribution in [2.45, 2.75) is 20.0 Å². The number of anilines is 1. The van der Waals surface area contributed by atoms with Gasteiger partial charge in [-0.15, -0.1) is 0 Å². The van der Waals surface area contributed by atoms with Crippen LogP contribution < -0.4 is 5.32 Å². The molecule has 120 valence electrons. The first-order valence-electron chi connectivity index (χ1n) is 6.81. The van der Waals surface area contributed by atoms with Crippen molar-refractivity contribution >= 4 is 40.8 Å². The summed E-state index contributed by atoms with van der Waals surface area (Å²) in [5, 5.41) is 3.39. The second-order valence-corrected chi connectivity index (χ2v) is 5.78. The van der Waals surface area contributed by atoms with Crippen molar-refractivity contribution in [2.24, 2.45) is 0 Å². The van der Waals surface area contributed by atoms with E-state index in [9.17, 15) is 9.59 Å². The fraction of sp³-hybridized carbons (Fsp3) is 0.188. The Morgan fingerprint density at radius 1 is 1.13 bits per heavy atom. The van der Waals surface area contributed by atoms with E-state index in [1.807, 2.05) is 0 Å². The minimum atomic E-state index is -0.584. The highest BCUT2D eigenvalue weighted by atomic mass is 35.5. The Bertz CT molecular complexity index is 748. The van der Waals surface area contributed by atoms with E-state index in [0.717, 1.165) is 0 Å². The highest BCUT2D eigenvalue weighted by molar-refractivity contribution is 6.36. The van der Waals surface area contributed by atoms with Gasteiger partial charge in [0.2, 0.25) is 0 Å². The average molecular weight is 353 g/mol. The normalized spacial score (nSPS) is 10.5. The maximum atomic E-state index is 12.2. The van der Waals surface area contributed by atoms with Gasteiger partial charge in [-0.3, -0.25) is 4.79 Å². The van der Waals surface area contributed by atoms with E-state index in [-0.39, 0.29) is 17.5 Å². The zero-order valence-electron chi connectivity index (χ0n) is 12.5. The van der Waals surface area contributed by atoms with Crippen LogP contribution >= 0.6 is 23.2 Å². The van der Waals surface area contributed by atoms with Crippen molar-refractivity contribution in [1.82, 2.24) is 4.98 Å². The van der Waals surface area contributed by atoms with Crippen LogP contribution in [0.1, 0.15) is 34.8 Å². The molecule has 2 rings (SSSR count). The minimum Gasteiger partial charge on any atom is -0.458 e. The molecule has 1 N–H and O–H groups in total. The van der Waals surface area contributed by atoms with E-state index in [1.165, 1.54) is 18.2 Å². The zero-order chi connectivity index (χ0) is 17.0. The van der Waals surface area contributed by atoms with Crippen molar-refractivity contribution in [3.8, 4) is 0 Å². The van der Waals surface area contributed by atoms with Gasteiger partial charge in [-0.25, -0.2) is 9.78 Å². The molecule has 1 amide bonds. The highest BCUT2D eigenvalue weighted by Gasteiger charge is 2.15. The number of hydrogen-bond donors (Lipinski definition) is 1. The Morgan fingerprint density at radius 2 is 1.83 bits per heavy atom. The lowest BCUT2D eigenvalue weighted by Gasteiger charge is -2.09. The lowest BCUT2D eigenvalue weighted by molar-refractivity contribution is 0.0371. The minimum absolute atomic E-state index is 0.0635. The predicted molar refractivity (Wildman–Crippen MR) is 89.2 cm³/mol. The van der Waals surface area contributed by atoms with Gasteiger partial charge >= 0.3 is 5.97 Å². The summed E-state index contributed by atoms with van der Waals surface area (Å²) in [6.45, 7) is 3.47. The topological polar surface area (TPSA) is 68.3 Å². The molecule has 0 atom stereocenters. The summed E-state index contributed by atoms with van der Waals surface area (Å²) in [7, 11) is 0. The molecule has 0 aliphatic carbocycles. The number of esters is 1. The smallest absolute Gasteiger partial charge is 0.357 e. The van der Waals surface area contributed by atoms with Gasteiger partial charge in [-0.1, -0.05) is 29.3 Å². The second-order valence-electron chi connectivity index (χ2n) is 4.94. The first-order valence-corrected chi connectivity index (χ1v) is 7.57. The molecular weight excluding hydrogens is 339 g/mol. The number of carbonyl (C=O) groups excluding carboxylic acids is 2. The quantitative estimate of drug-likeness (QED) is 0.837. The Hall–Kier alpha value is -2.11. The first kappa shape index (κ1) is 17.2. The van der Waals surface area contributed by atoms with Gasteiger partial charge < -0.3 is 10.1 Å². The number of aromatic nitrogens is 1. The van der Waals surface area contributed by atoms with Crippen LogP contribution in [0.4, 0.5) is 5.69 Å². The van der Waals surface area contributed by atoms with Crippen LogP contribution in [0.5, 0.6) is 0 Å². The van der Waals surface area contributed by atoms with E-state index in [4.69, 9.17) is 27.9 Å². The maximum absolute atomic E-state index is 12.2. The van der Waals surface area contributed by atoms with E-state index < -0.39 is 11.9 Å². The van der Waals surface area contributed by atoms with Crippen molar-refractivity contribution in [1.29, 1.82) is 0 Å². The largest absolute Gasteiger partial charge is 0.458 e. The lowest BCUT2D eigenvalue weighted by Crippen LogP contribution is -2.18. The molecule has 1 aromatic carbocycles. The molecular formula is C16H14Cl2N2O3. The van der Waals surface area contributed by atoms with Crippen molar-refractivity contribution in [2.75, 3.05) is 5.32 Å².